The van der Waals surface area contributed by atoms with Gasteiger partial charge in [-0.1, -0.05) is 6.07 Å². The van der Waals surface area contributed by atoms with E-state index >= 15 is 0 Å². The van der Waals surface area contributed by atoms with Crippen molar-refractivity contribution in [1.82, 2.24) is 5.32 Å². The summed E-state index contributed by atoms with van der Waals surface area (Å²) in [6, 6.07) is 4.14. The van der Waals surface area contributed by atoms with Gasteiger partial charge in [0.1, 0.15) is 0 Å². The summed E-state index contributed by atoms with van der Waals surface area (Å²) in [7, 11) is 0. The Balaban J connectivity index is 1.26. The number of ether oxygens (including phenoxy) is 3. The summed E-state index contributed by atoms with van der Waals surface area (Å²) in [6.45, 7) is 1.05. The van der Waals surface area contributed by atoms with Crippen LogP contribution in [-0.2, 0) is 19.0 Å². The Bertz CT molecular complexity index is 757. The predicted molar refractivity (Wildman–Crippen MR) is 118 cm³/mol. The molecule has 4 aliphatic carbocycles. The highest BCUT2D eigenvalue weighted by Gasteiger charge is 2.52. The predicted octanol–water partition coefficient (Wildman–Crippen LogP) is 3.57. The van der Waals surface area contributed by atoms with Gasteiger partial charge in [0, 0.05) is 22.8 Å². The summed E-state index contributed by atoms with van der Waals surface area (Å²) in [4.78, 5) is 14.6. The average Bonchev–Trinajstić information content (AvgIpc) is 3.27. The van der Waals surface area contributed by atoms with Gasteiger partial charge in [0.2, 0.25) is 6.29 Å². The Morgan fingerprint density at radius 3 is 2.52 bits per heavy atom. The lowest BCUT2D eigenvalue weighted by Crippen LogP contribution is -2.60. The van der Waals surface area contributed by atoms with E-state index in [0.717, 1.165) is 37.0 Å². The summed E-state index contributed by atoms with van der Waals surface area (Å²) in [5.74, 6) is 2.74. The highest BCUT2D eigenvalue weighted by atomic mass is 32.1. The third-order valence-electron chi connectivity index (χ3n) is 7.37. The molecular weight excluding hydrogens is 414 g/mol. The topological polar surface area (TPSA) is 77.0 Å². The van der Waals surface area contributed by atoms with E-state index in [-0.39, 0.29) is 24.0 Å². The van der Waals surface area contributed by atoms with E-state index in [9.17, 15) is 4.79 Å². The van der Waals surface area contributed by atoms with Crippen LogP contribution in [0.2, 0.25) is 0 Å². The molecule has 2 N–H and O–H groups in total. The molecule has 7 heteroatoms. The van der Waals surface area contributed by atoms with Gasteiger partial charge in [-0.15, -0.1) is 11.3 Å². The molecule has 5 aliphatic rings. The van der Waals surface area contributed by atoms with Crippen molar-refractivity contribution in [3.05, 3.63) is 34.2 Å². The lowest BCUT2D eigenvalue weighted by Gasteiger charge is -2.56. The first kappa shape index (κ1) is 21.4. The summed E-state index contributed by atoms with van der Waals surface area (Å²) in [6.07, 6.45) is 9.58. The Kier molecular flexibility index (Phi) is 6.37. The average molecular weight is 448 g/mol. The maximum absolute atomic E-state index is 13.3. The molecule has 0 aromatic carbocycles. The van der Waals surface area contributed by atoms with E-state index in [0.29, 0.717) is 32.0 Å². The van der Waals surface area contributed by atoms with Crippen molar-refractivity contribution >= 4 is 17.2 Å². The smallest absolute Gasteiger partial charge is 0.286 e. The molecule has 170 valence electrons. The zero-order valence-corrected chi connectivity index (χ0v) is 18.8. The van der Waals surface area contributed by atoms with Gasteiger partial charge < -0.3 is 24.6 Å². The Labute approximate surface area is 188 Å². The number of amides is 1. The van der Waals surface area contributed by atoms with E-state index in [2.05, 4.69) is 16.8 Å². The normalized spacial score (nSPS) is 36.2. The number of carbonyl (C=O) groups is 1. The van der Waals surface area contributed by atoms with E-state index in [4.69, 9.17) is 19.3 Å². The van der Waals surface area contributed by atoms with Crippen LogP contribution in [-0.4, -0.2) is 49.3 Å². The number of carbonyl (C=O) groups excluding carboxylic acids is 1. The SMILES string of the molecule is O=C(NC12CC3CC(CC(C3)C1)C2)C1=C[C@H](c2cccs2)C[C@H](OCCOCCO)O1. The number of rotatable bonds is 9. The molecule has 6 rings (SSSR count). The van der Waals surface area contributed by atoms with Crippen molar-refractivity contribution in [3.63, 3.8) is 0 Å². The first-order chi connectivity index (χ1) is 15.1. The number of aliphatic hydroxyl groups is 1. The van der Waals surface area contributed by atoms with E-state index in [1.165, 1.54) is 24.1 Å². The minimum atomic E-state index is -0.480. The molecule has 0 spiro atoms. The monoisotopic (exact) mass is 447 g/mol. The number of nitrogens with one attached hydrogen (secondary N) is 1. The van der Waals surface area contributed by atoms with Crippen LogP contribution in [0, 0.1) is 17.8 Å². The Morgan fingerprint density at radius 2 is 1.87 bits per heavy atom. The van der Waals surface area contributed by atoms with Crippen LogP contribution < -0.4 is 5.32 Å². The fraction of sp³-hybridized carbons (Fsp3) is 0.708. The number of hydrogen-bond donors (Lipinski definition) is 2. The minimum absolute atomic E-state index is 0.00222. The van der Waals surface area contributed by atoms with Crippen LogP contribution in [0.5, 0.6) is 0 Å². The van der Waals surface area contributed by atoms with Crippen molar-refractivity contribution in [3.8, 4) is 0 Å². The molecule has 2 atom stereocenters. The van der Waals surface area contributed by atoms with Crippen LogP contribution in [0.4, 0.5) is 0 Å². The summed E-state index contributed by atoms with van der Waals surface area (Å²) >= 11 is 1.70. The molecule has 31 heavy (non-hydrogen) atoms. The largest absolute Gasteiger partial charge is 0.459 e. The molecule has 0 radical (unpaired) electrons. The van der Waals surface area contributed by atoms with Gasteiger partial charge >= 0.3 is 0 Å². The summed E-state index contributed by atoms with van der Waals surface area (Å²) < 4.78 is 17.2. The lowest BCUT2D eigenvalue weighted by atomic mass is 9.53. The van der Waals surface area contributed by atoms with Crippen LogP contribution in [0.15, 0.2) is 29.3 Å². The summed E-state index contributed by atoms with van der Waals surface area (Å²) in [5, 5.41) is 14.3. The van der Waals surface area contributed by atoms with Crippen LogP contribution >= 0.6 is 11.3 Å². The quantitative estimate of drug-likeness (QED) is 0.566. The second-order valence-electron chi connectivity index (χ2n) is 9.79. The molecular formula is C24H33NO5S. The van der Waals surface area contributed by atoms with Gasteiger partial charge in [-0.3, -0.25) is 4.79 Å². The molecule has 0 unspecified atom stereocenters. The number of allylic oxidation sites excluding steroid dienone is 1. The number of thiophene rings is 1. The van der Waals surface area contributed by atoms with Crippen LogP contribution in [0.1, 0.15) is 55.7 Å². The van der Waals surface area contributed by atoms with Crippen LogP contribution in [0.25, 0.3) is 0 Å². The standard InChI is InChI=1S/C24H33NO5S/c26-3-4-28-5-6-29-22-12-19(21-2-1-7-31-21)11-20(30-22)23(27)25-24-13-16-8-17(14-24)10-18(9-16)15-24/h1-2,7,11,16-19,22,26H,3-6,8-10,12-15H2,(H,25,27)/t16?,17?,18?,19-,22+,24?/m0/s1. The fourth-order valence-corrected chi connectivity index (χ4v) is 7.40. The second kappa shape index (κ2) is 9.22. The van der Waals surface area contributed by atoms with E-state index in [1.807, 2.05) is 12.1 Å². The van der Waals surface area contributed by atoms with Gasteiger partial charge in [-0.2, -0.15) is 0 Å². The highest BCUT2D eigenvalue weighted by Crippen LogP contribution is 2.55. The summed E-state index contributed by atoms with van der Waals surface area (Å²) in [5.41, 5.74) is -0.0413. The molecule has 6 nitrogen and oxygen atoms in total. The first-order valence-corrected chi connectivity index (χ1v) is 12.5. The van der Waals surface area contributed by atoms with Crippen molar-refractivity contribution in [2.75, 3.05) is 26.4 Å². The van der Waals surface area contributed by atoms with Crippen molar-refractivity contribution in [1.29, 1.82) is 0 Å². The maximum atomic E-state index is 13.3. The molecule has 1 aliphatic heterocycles. The van der Waals surface area contributed by atoms with Crippen LogP contribution in [0.3, 0.4) is 0 Å². The molecule has 4 fully saturated rings. The molecule has 1 aromatic rings. The Hall–Kier alpha value is -1.41. The van der Waals surface area contributed by atoms with Gasteiger partial charge in [-0.25, -0.2) is 0 Å². The second-order valence-corrected chi connectivity index (χ2v) is 10.8. The van der Waals surface area contributed by atoms with Crippen molar-refractivity contribution in [2.24, 2.45) is 17.8 Å². The van der Waals surface area contributed by atoms with Gasteiger partial charge in [0.25, 0.3) is 5.91 Å². The molecule has 4 saturated carbocycles. The first-order valence-electron chi connectivity index (χ1n) is 11.7. The minimum Gasteiger partial charge on any atom is -0.459 e. The van der Waals surface area contributed by atoms with Gasteiger partial charge in [-0.05, 0) is 73.8 Å². The third kappa shape index (κ3) is 4.85. The van der Waals surface area contributed by atoms with E-state index < -0.39 is 6.29 Å². The molecule has 4 bridgehead atoms. The zero-order valence-electron chi connectivity index (χ0n) is 18.0. The van der Waals surface area contributed by atoms with E-state index in [1.54, 1.807) is 11.3 Å². The van der Waals surface area contributed by atoms with Crippen molar-refractivity contribution < 1.29 is 24.1 Å². The number of hydrogen-bond acceptors (Lipinski definition) is 6. The highest BCUT2D eigenvalue weighted by molar-refractivity contribution is 7.10. The molecule has 1 aromatic heterocycles. The lowest BCUT2D eigenvalue weighted by molar-refractivity contribution is -0.153. The van der Waals surface area contributed by atoms with Crippen molar-refractivity contribution in [2.45, 2.75) is 62.7 Å². The van der Waals surface area contributed by atoms with Gasteiger partial charge in [0.15, 0.2) is 5.76 Å². The third-order valence-corrected chi connectivity index (χ3v) is 8.38. The Morgan fingerprint density at radius 1 is 1.13 bits per heavy atom. The zero-order chi connectivity index (χ0) is 21.3. The maximum Gasteiger partial charge on any atom is 0.286 e. The molecule has 1 amide bonds. The molecule has 0 saturated heterocycles. The number of aliphatic hydroxyl groups excluding tert-OH is 1. The van der Waals surface area contributed by atoms with Gasteiger partial charge in [0.05, 0.1) is 26.4 Å². The molecule has 2 heterocycles. The fourth-order valence-electron chi connectivity index (χ4n) is 6.59.